The van der Waals surface area contributed by atoms with E-state index in [9.17, 15) is 19.6 Å². The summed E-state index contributed by atoms with van der Waals surface area (Å²) in [6.07, 6.45) is -0.217. The Labute approximate surface area is 175 Å². The highest BCUT2D eigenvalue weighted by molar-refractivity contribution is 6.43. The van der Waals surface area contributed by atoms with E-state index in [0.717, 1.165) is 10.8 Å². The van der Waals surface area contributed by atoms with E-state index in [0.29, 0.717) is 17.7 Å². The number of benzene rings is 2. The molecule has 8 nitrogen and oxygen atoms in total. The van der Waals surface area contributed by atoms with Crippen LogP contribution in [0.15, 0.2) is 47.6 Å². The van der Waals surface area contributed by atoms with Gasteiger partial charge in [-0.3, -0.25) is 9.59 Å². The predicted octanol–water partition coefficient (Wildman–Crippen LogP) is 1.26. The molecule has 0 radical (unpaired) electrons. The van der Waals surface area contributed by atoms with Gasteiger partial charge in [0, 0.05) is 12.0 Å². The summed E-state index contributed by atoms with van der Waals surface area (Å²) in [5.41, 5.74) is 1.10. The first kappa shape index (κ1) is 21.8. The molecule has 0 spiro atoms. The molecular formula is C21H26BN3O5. The number of rotatable bonds is 8. The first-order valence-electron chi connectivity index (χ1n) is 9.99. The molecule has 0 aliphatic carbocycles. The number of oxime groups is 1. The van der Waals surface area contributed by atoms with Crippen LogP contribution in [0.1, 0.15) is 37.0 Å². The number of nitrogens with one attached hydrogen (secondary N) is 2. The van der Waals surface area contributed by atoms with Crippen molar-refractivity contribution < 1.29 is 24.5 Å². The van der Waals surface area contributed by atoms with Gasteiger partial charge in [0.1, 0.15) is 0 Å². The molecule has 2 aromatic rings. The summed E-state index contributed by atoms with van der Waals surface area (Å²) >= 11 is 0. The lowest BCUT2D eigenvalue weighted by Gasteiger charge is -2.20. The van der Waals surface area contributed by atoms with Crippen LogP contribution in [0.3, 0.4) is 0 Å². The second-order valence-electron chi connectivity index (χ2n) is 7.82. The zero-order chi connectivity index (χ0) is 21.7. The summed E-state index contributed by atoms with van der Waals surface area (Å²) in [4.78, 5) is 30.2. The van der Waals surface area contributed by atoms with Crippen LogP contribution < -0.4 is 10.6 Å². The van der Waals surface area contributed by atoms with Crippen molar-refractivity contribution in [1.82, 2.24) is 10.6 Å². The average Bonchev–Trinajstić information content (AvgIpc) is 3.20. The van der Waals surface area contributed by atoms with Crippen molar-refractivity contribution >= 4 is 35.4 Å². The minimum absolute atomic E-state index is 0.157. The highest BCUT2D eigenvalue weighted by Crippen LogP contribution is 2.18. The molecule has 0 saturated carbocycles. The molecule has 3 rings (SSSR count). The molecule has 4 N–H and O–H groups in total. The molecule has 1 aliphatic heterocycles. The molecule has 0 fully saturated rings. The first-order chi connectivity index (χ1) is 14.3. The number of hydrogen-bond donors (Lipinski definition) is 4. The topological polar surface area (TPSA) is 120 Å². The third-order valence-corrected chi connectivity index (χ3v) is 4.92. The molecule has 2 atom stereocenters. The molecule has 0 aromatic heterocycles. The van der Waals surface area contributed by atoms with Gasteiger partial charge in [-0.15, -0.1) is 0 Å². The number of fused-ring (bicyclic) bond motifs is 1. The van der Waals surface area contributed by atoms with Crippen molar-refractivity contribution in [2.75, 3.05) is 6.54 Å². The molecule has 1 heterocycles. The fourth-order valence-corrected chi connectivity index (χ4v) is 3.41. The summed E-state index contributed by atoms with van der Waals surface area (Å²) < 4.78 is 0. The Morgan fingerprint density at radius 1 is 1.20 bits per heavy atom. The maximum atomic E-state index is 12.6. The van der Waals surface area contributed by atoms with Crippen LogP contribution in [-0.2, 0) is 9.63 Å². The van der Waals surface area contributed by atoms with Crippen molar-refractivity contribution in [1.29, 1.82) is 0 Å². The molecule has 0 saturated heterocycles. The van der Waals surface area contributed by atoms with Gasteiger partial charge in [0.05, 0.1) is 18.2 Å². The maximum Gasteiger partial charge on any atom is 0.475 e. The fourth-order valence-electron chi connectivity index (χ4n) is 3.41. The van der Waals surface area contributed by atoms with Crippen LogP contribution >= 0.6 is 0 Å². The van der Waals surface area contributed by atoms with Gasteiger partial charge in [0.2, 0.25) is 6.10 Å². The maximum absolute atomic E-state index is 12.6. The lowest BCUT2D eigenvalue weighted by atomic mass is 9.75. The van der Waals surface area contributed by atoms with Crippen molar-refractivity contribution in [2.24, 2.45) is 11.1 Å². The summed E-state index contributed by atoms with van der Waals surface area (Å²) in [7, 11) is -1.65. The molecule has 1 aliphatic rings. The Morgan fingerprint density at radius 3 is 2.67 bits per heavy atom. The highest BCUT2D eigenvalue weighted by Gasteiger charge is 2.33. The van der Waals surface area contributed by atoms with Gasteiger partial charge in [0.15, 0.2) is 0 Å². The lowest BCUT2D eigenvalue weighted by molar-refractivity contribution is -0.131. The molecule has 0 bridgehead atoms. The Balaban J connectivity index is 1.53. The van der Waals surface area contributed by atoms with Crippen molar-refractivity contribution in [3.63, 3.8) is 0 Å². The Morgan fingerprint density at radius 2 is 1.93 bits per heavy atom. The fraction of sp³-hybridized carbons (Fsp3) is 0.381. The zero-order valence-corrected chi connectivity index (χ0v) is 17.0. The van der Waals surface area contributed by atoms with Crippen LogP contribution in [0.4, 0.5) is 0 Å². The van der Waals surface area contributed by atoms with Crippen LogP contribution in [0, 0.1) is 5.92 Å². The van der Waals surface area contributed by atoms with Gasteiger partial charge in [-0.1, -0.05) is 55.4 Å². The van der Waals surface area contributed by atoms with E-state index in [4.69, 9.17) is 4.84 Å². The van der Waals surface area contributed by atoms with E-state index in [1.54, 1.807) is 6.07 Å². The van der Waals surface area contributed by atoms with Gasteiger partial charge in [-0.05, 0) is 29.2 Å². The minimum atomic E-state index is -1.65. The third kappa shape index (κ3) is 5.37. The second-order valence-corrected chi connectivity index (χ2v) is 7.82. The first-order valence-corrected chi connectivity index (χ1v) is 9.99. The molecule has 2 aromatic carbocycles. The standard InChI is InChI=1S/C21H26BN3O5/c1-13(2)10-19(22(28)29)24-21(27)18-11-15(25-30-18)12-23-20(26)17-9-5-7-14-6-3-4-8-16(14)17/h3-9,13,18-19,28-29H,10-12H2,1-2H3,(H,23,26)(H,24,27)/t18?,19-/m0/s1. The van der Waals surface area contributed by atoms with Crippen molar-refractivity contribution in [2.45, 2.75) is 38.7 Å². The number of hydrogen-bond acceptors (Lipinski definition) is 6. The van der Waals surface area contributed by atoms with Gasteiger partial charge in [0.25, 0.3) is 11.8 Å². The summed E-state index contributed by atoms with van der Waals surface area (Å²) in [6, 6.07) is 13.2. The van der Waals surface area contributed by atoms with Crippen LogP contribution in [0.25, 0.3) is 10.8 Å². The molecule has 2 amide bonds. The monoisotopic (exact) mass is 411 g/mol. The SMILES string of the molecule is CC(C)C[C@H](NC(=O)C1CC(CNC(=O)c2cccc3ccccc23)=NO1)B(O)O. The Hall–Kier alpha value is -2.91. The third-order valence-electron chi connectivity index (χ3n) is 4.92. The Kier molecular flexibility index (Phi) is 7.07. The zero-order valence-electron chi connectivity index (χ0n) is 17.0. The minimum Gasteiger partial charge on any atom is -0.426 e. The van der Waals surface area contributed by atoms with Gasteiger partial charge >= 0.3 is 7.12 Å². The van der Waals surface area contributed by atoms with Crippen LogP contribution in [0.5, 0.6) is 0 Å². The number of carbonyl (C=O) groups is 2. The molecule has 30 heavy (non-hydrogen) atoms. The smallest absolute Gasteiger partial charge is 0.426 e. The Bertz CT molecular complexity index is 942. The van der Waals surface area contributed by atoms with E-state index >= 15 is 0 Å². The average molecular weight is 411 g/mol. The lowest BCUT2D eigenvalue weighted by Crippen LogP contribution is -2.50. The quantitative estimate of drug-likeness (QED) is 0.488. The number of amides is 2. The number of nitrogens with zero attached hydrogens (tertiary/aromatic N) is 1. The van der Waals surface area contributed by atoms with Gasteiger partial charge < -0.3 is 25.5 Å². The van der Waals surface area contributed by atoms with Crippen molar-refractivity contribution in [3.05, 3.63) is 48.0 Å². The second kappa shape index (κ2) is 9.73. The van der Waals surface area contributed by atoms with Crippen LogP contribution in [0.2, 0.25) is 0 Å². The van der Waals surface area contributed by atoms with E-state index < -0.39 is 25.1 Å². The van der Waals surface area contributed by atoms with Gasteiger partial charge in [-0.25, -0.2) is 0 Å². The van der Waals surface area contributed by atoms with E-state index in [1.807, 2.05) is 50.2 Å². The van der Waals surface area contributed by atoms with E-state index in [2.05, 4.69) is 15.8 Å². The van der Waals surface area contributed by atoms with Gasteiger partial charge in [-0.2, -0.15) is 0 Å². The predicted molar refractivity (Wildman–Crippen MR) is 115 cm³/mol. The van der Waals surface area contributed by atoms with E-state index in [-0.39, 0.29) is 24.8 Å². The molecule has 158 valence electrons. The van der Waals surface area contributed by atoms with Crippen molar-refractivity contribution in [3.8, 4) is 0 Å². The van der Waals surface area contributed by atoms with E-state index in [1.165, 1.54) is 0 Å². The highest BCUT2D eigenvalue weighted by atomic mass is 16.6. The number of carbonyl (C=O) groups excluding carboxylic acids is 2. The molecule has 1 unspecified atom stereocenters. The summed E-state index contributed by atoms with van der Waals surface area (Å²) in [5, 5.41) is 30.1. The normalized spacial score (nSPS) is 16.7. The largest absolute Gasteiger partial charge is 0.475 e. The summed E-state index contributed by atoms with van der Waals surface area (Å²) in [5.74, 6) is -1.30. The molecule has 9 heteroatoms. The van der Waals surface area contributed by atoms with Crippen LogP contribution in [-0.4, -0.2) is 53.3 Å². The molecular weight excluding hydrogens is 385 g/mol. The summed E-state index contributed by atoms with van der Waals surface area (Å²) in [6.45, 7) is 4.00.